The van der Waals surface area contributed by atoms with Gasteiger partial charge in [0.1, 0.15) is 24.1 Å². The van der Waals surface area contributed by atoms with Crippen molar-refractivity contribution in [3.05, 3.63) is 12.7 Å². The normalized spacial score (nSPS) is 30.6. The number of aliphatic hydroxyl groups excluding tert-OH is 1. The highest BCUT2D eigenvalue weighted by molar-refractivity contribution is 7.60. The lowest BCUT2D eigenvalue weighted by Crippen LogP contribution is -2.40. The molecule has 3 rings (SSSR count). The van der Waals surface area contributed by atoms with Crippen molar-refractivity contribution in [1.82, 2.24) is 19.5 Å². The van der Waals surface area contributed by atoms with E-state index in [2.05, 4.69) is 23.8 Å². The molecule has 0 aliphatic carbocycles. The highest BCUT2D eigenvalue weighted by Gasteiger charge is 2.56. The first-order valence-electron chi connectivity index (χ1n) is 7.51. The van der Waals surface area contributed by atoms with Crippen molar-refractivity contribution in [2.45, 2.75) is 31.0 Å². The minimum atomic E-state index is -5.33. The first kappa shape index (κ1) is 21.2. The van der Waals surface area contributed by atoms with Crippen LogP contribution in [0, 0.1) is 0 Å². The number of nitrogen functional groups attached to an aromatic ring is 1. The molecule has 0 aromatic carbocycles. The van der Waals surface area contributed by atoms with Gasteiger partial charge in [0, 0.05) is 0 Å². The zero-order valence-corrected chi connectivity index (χ0v) is 15.9. The molecule has 1 aliphatic rings. The van der Waals surface area contributed by atoms with Crippen molar-refractivity contribution in [3.8, 4) is 0 Å². The molecule has 1 unspecified atom stereocenters. The lowest BCUT2D eigenvalue weighted by Gasteiger charge is -2.24. The van der Waals surface area contributed by atoms with Crippen molar-refractivity contribution < 1.29 is 46.9 Å². The molecule has 14 nitrogen and oxygen atoms in total. The number of fused-ring (bicyclic) bond motifs is 1. The standard InChI is InChI=1S/C11H16FN5O9P2/c1-11(12)7(18)5(2-24-28(22,23)26-27(19,20)21)25-10(11)17-4-16-6-8(13)14-3-15-9(6)17/h3-5,7,10,18H,2H2,1H3,(H,22,23)(H2,13,14,15)(H2,19,20,21)/t5-,7-,10-,11-/m1/s1. The van der Waals surface area contributed by atoms with Crippen LogP contribution in [0.5, 0.6) is 0 Å². The number of hydrogen-bond acceptors (Lipinski definition) is 10. The maximum absolute atomic E-state index is 15.2. The van der Waals surface area contributed by atoms with Crippen LogP contribution < -0.4 is 5.73 Å². The lowest BCUT2D eigenvalue weighted by molar-refractivity contribution is -0.0560. The van der Waals surface area contributed by atoms with E-state index in [1.165, 1.54) is 6.33 Å². The van der Waals surface area contributed by atoms with E-state index in [-0.39, 0.29) is 17.0 Å². The molecule has 1 fully saturated rings. The third kappa shape index (κ3) is 4.08. The molecule has 1 saturated heterocycles. The second kappa shape index (κ2) is 7.06. The predicted molar refractivity (Wildman–Crippen MR) is 88.1 cm³/mol. The number of alkyl halides is 1. The van der Waals surface area contributed by atoms with Crippen LogP contribution in [0.15, 0.2) is 12.7 Å². The van der Waals surface area contributed by atoms with Crippen molar-refractivity contribution in [3.63, 3.8) is 0 Å². The predicted octanol–water partition coefficient (Wildman–Crippen LogP) is -0.379. The number of halogens is 1. The summed E-state index contributed by atoms with van der Waals surface area (Å²) in [5.74, 6) is 0.0403. The average Bonchev–Trinajstić information content (AvgIpc) is 3.05. The van der Waals surface area contributed by atoms with Crippen LogP contribution in [0.4, 0.5) is 10.2 Å². The van der Waals surface area contributed by atoms with Gasteiger partial charge < -0.3 is 30.3 Å². The molecule has 0 saturated carbocycles. The maximum Gasteiger partial charge on any atom is 0.481 e. The molecule has 28 heavy (non-hydrogen) atoms. The molecule has 0 radical (unpaired) electrons. The number of nitrogens with zero attached hydrogens (tertiary/aromatic N) is 4. The highest BCUT2D eigenvalue weighted by Crippen LogP contribution is 2.58. The molecule has 2 aromatic rings. The van der Waals surface area contributed by atoms with Crippen LogP contribution in [-0.2, 0) is 22.7 Å². The Hall–Kier alpha value is -1.54. The number of hydrogen-bond donors (Lipinski definition) is 5. The second-order valence-electron chi connectivity index (χ2n) is 6.04. The van der Waals surface area contributed by atoms with Crippen molar-refractivity contribution in [1.29, 1.82) is 0 Å². The summed E-state index contributed by atoms with van der Waals surface area (Å²) in [5, 5.41) is 10.2. The number of aliphatic hydroxyl groups is 1. The molecule has 2 aromatic heterocycles. The lowest BCUT2D eigenvalue weighted by atomic mass is 9.98. The minimum Gasteiger partial charge on any atom is -0.387 e. The highest BCUT2D eigenvalue weighted by atomic mass is 31.3. The fourth-order valence-corrected chi connectivity index (χ4v) is 4.32. The molecular formula is C11H16FN5O9P2. The van der Waals surface area contributed by atoms with E-state index in [1.807, 2.05) is 0 Å². The van der Waals surface area contributed by atoms with Crippen molar-refractivity contribution in [2.75, 3.05) is 12.3 Å². The number of nitrogens with two attached hydrogens (primary N) is 1. The van der Waals surface area contributed by atoms with Gasteiger partial charge in [0.15, 0.2) is 23.4 Å². The van der Waals surface area contributed by atoms with E-state index in [9.17, 15) is 19.1 Å². The molecule has 3 heterocycles. The van der Waals surface area contributed by atoms with Crippen LogP contribution in [0.25, 0.3) is 11.2 Å². The topological polar surface area (TPSA) is 212 Å². The summed E-state index contributed by atoms with van der Waals surface area (Å²) >= 11 is 0. The fourth-order valence-electron chi connectivity index (χ4n) is 2.72. The molecule has 0 bridgehead atoms. The zero-order chi connectivity index (χ0) is 20.9. The Morgan fingerprint density at radius 3 is 2.68 bits per heavy atom. The number of aromatic nitrogens is 4. The molecular weight excluding hydrogens is 427 g/mol. The zero-order valence-electron chi connectivity index (χ0n) is 14.1. The molecule has 17 heteroatoms. The van der Waals surface area contributed by atoms with Crippen molar-refractivity contribution in [2.24, 2.45) is 0 Å². The second-order valence-corrected chi connectivity index (χ2v) is 8.87. The molecule has 6 N–H and O–H groups in total. The van der Waals surface area contributed by atoms with Crippen LogP contribution in [0.1, 0.15) is 13.2 Å². The van der Waals surface area contributed by atoms with Gasteiger partial charge in [-0.1, -0.05) is 0 Å². The van der Waals surface area contributed by atoms with Crippen LogP contribution >= 0.6 is 15.6 Å². The van der Waals surface area contributed by atoms with Gasteiger partial charge in [-0.15, -0.1) is 0 Å². The Morgan fingerprint density at radius 2 is 2.04 bits per heavy atom. The Balaban J connectivity index is 1.81. The van der Waals surface area contributed by atoms with Gasteiger partial charge in [0.05, 0.1) is 12.9 Å². The number of phosphoric acid groups is 2. The SMILES string of the molecule is C[C@@]1(F)[C@H](O)[C@@H](COP(=O)(O)OP(=O)(O)O)O[C@H]1n1cnc2c(N)ncnc21. The fraction of sp³-hybridized carbons (Fsp3) is 0.545. The van der Waals surface area contributed by atoms with Crippen LogP contribution in [0.3, 0.4) is 0 Å². The summed E-state index contributed by atoms with van der Waals surface area (Å²) < 4.78 is 51.9. The van der Waals surface area contributed by atoms with Crippen molar-refractivity contribution >= 4 is 32.6 Å². The molecule has 156 valence electrons. The summed E-state index contributed by atoms with van der Waals surface area (Å²) in [5.41, 5.74) is 3.53. The van der Waals surface area contributed by atoms with E-state index in [0.29, 0.717) is 0 Å². The minimum absolute atomic E-state index is 0.0403. The van der Waals surface area contributed by atoms with Gasteiger partial charge in [-0.2, -0.15) is 4.31 Å². The first-order valence-corrected chi connectivity index (χ1v) is 10.5. The van der Waals surface area contributed by atoms with Gasteiger partial charge in [0.2, 0.25) is 0 Å². The maximum atomic E-state index is 15.2. The van der Waals surface area contributed by atoms with Crippen LogP contribution in [0.2, 0.25) is 0 Å². The largest absolute Gasteiger partial charge is 0.481 e. The Bertz CT molecular complexity index is 981. The smallest absolute Gasteiger partial charge is 0.387 e. The summed E-state index contributed by atoms with van der Waals surface area (Å²) in [6.45, 7) is 0.109. The Morgan fingerprint density at radius 1 is 1.36 bits per heavy atom. The monoisotopic (exact) mass is 443 g/mol. The first-order chi connectivity index (χ1) is 12.8. The van der Waals surface area contributed by atoms with Gasteiger partial charge >= 0.3 is 15.6 Å². The summed E-state index contributed by atoms with van der Waals surface area (Å²) in [6, 6.07) is 0. The summed E-state index contributed by atoms with van der Waals surface area (Å²) in [6.07, 6.45) is -2.52. The van der Waals surface area contributed by atoms with E-state index >= 15 is 4.39 Å². The van der Waals surface area contributed by atoms with Gasteiger partial charge in [-0.3, -0.25) is 9.09 Å². The molecule has 0 spiro atoms. The quantitative estimate of drug-likeness (QED) is 0.361. The molecule has 1 aliphatic heterocycles. The number of rotatable bonds is 6. The summed E-state index contributed by atoms with van der Waals surface area (Å²) in [7, 11) is -10.5. The number of anilines is 1. The molecule has 5 atom stereocenters. The van der Waals surface area contributed by atoms with E-state index in [4.69, 9.17) is 20.3 Å². The number of ether oxygens (including phenoxy) is 1. The number of imidazole rings is 1. The van der Waals surface area contributed by atoms with E-state index < -0.39 is 46.4 Å². The number of phosphoric ester groups is 1. The third-order valence-corrected chi connectivity index (χ3v) is 6.12. The van der Waals surface area contributed by atoms with Gasteiger partial charge in [-0.05, 0) is 6.92 Å². The van der Waals surface area contributed by atoms with Gasteiger partial charge in [0.25, 0.3) is 0 Å². The Kier molecular flexibility index (Phi) is 5.34. The average molecular weight is 443 g/mol. The van der Waals surface area contributed by atoms with Gasteiger partial charge in [-0.25, -0.2) is 28.5 Å². The Labute approximate surface area is 155 Å². The van der Waals surface area contributed by atoms with Crippen LogP contribution in [-0.4, -0.2) is 63.8 Å². The summed E-state index contributed by atoms with van der Waals surface area (Å²) in [4.78, 5) is 38.1. The van der Waals surface area contributed by atoms with E-state index in [1.54, 1.807) is 0 Å². The third-order valence-electron chi connectivity index (χ3n) is 3.97. The van der Waals surface area contributed by atoms with E-state index in [0.717, 1.165) is 17.8 Å². The molecule has 0 amide bonds.